The van der Waals surface area contributed by atoms with Crippen LogP contribution in [-0.2, 0) is 63.7 Å². The molecule has 1 fully saturated rings. The number of pyridine rings is 1. The van der Waals surface area contributed by atoms with Crippen LogP contribution in [0.15, 0.2) is 96.9 Å². The molecular weight excluding hydrogens is 1080 g/mol. The van der Waals surface area contributed by atoms with Gasteiger partial charge in [-0.1, -0.05) is 63.2 Å². The van der Waals surface area contributed by atoms with Crippen LogP contribution < -0.4 is 26.0 Å². The first kappa shape index (κ1) is 60.8. The number of aliphatic hydroxyl groups is 1. The number of thiazole rings is 1. The summed E-state index contributed by atoms with van der Waals surface area (Å²) in [5.74, 6) is -0.512. The number of amides is 4. The van der Waals surface area contributed by atoms with E-state index in [0.29, 0.717) is 69.7 Å². The Bertz CT molecular complexity index is 3150. The average Bonchev–Trinajstić information content (AvgIpc) is 4.41. The summed E-state index contributed by atoms with van der Waals surface area (Å²) in [7, 11) is 0. The number of rotatable bonds is 26. The summed E-state index contributed by atoms with van der Waals surface area (Å²) in [6.07, 6.45) is 0.269. The van der Waals surface area contributed by atoms with Crippen LogP contribution in [0.4, 0.5) is 24.7 Å². The number of alkyl halides is 3. The van der Waals surface area contributed by atoms with Crippen LogP contribution in [-0.4, -0.2) is 138 Å². The summed E-state index contributed by atoms with van der Waals surface area (Å²) in [6, 6.07) is 17.5. The normalized spacial score (nSPS) is 16.0. The van der Waals surface area contributed by atoms with Crippen LogP contribution in [0.2, 0.25) is 0 Å². The standard InChI is InChI=1S/C59H70F3N9O10S/c1-37(40-9-11-41(12-10-40)53-38(2)65-36-82-53)67-56(75)49-31-46(72)35-71(49)57(76)54(58(3,4)5)68-51(73)16-19-77-21-23-79-25-26-80-24-22-78-20-18-69-34-44(33-66-69)43-30-50(55(63)64-32-43)81-47-13-14-48-42(29-47)15-17-70(48)52(74)28-39-7-6-8-45(27-39)59(60,61)62/h6-14,27,29-30,32-34,36-37,46,49,54,72H,15-26,28,31,35H2,1-5H3,(H2,63,64)(H,67,75)(H,68,73)/t37-,46+,49-,54+/m0/s1. The van der Waals surface area contributed by atoms with Crippen molar-refractivity contribution in [1.29, 1.82) is 0 Å². The first-order valence-corrected chi connectivity index (χ1v) is 28.0. The number of carbonyl (C=O) groups is 4. The third-order valence-corrected chi connectivity index (χ3v) is 15.0. The molecule has 5 N–H and O–H groups in total. The van der Waals surface area contributed by atoms with Crippen molar-refractivity contribution in [3.05, 3.63) is 125 Å². The molecule has 3 aromatic heterocycles. The lowest BCUT2D eigenvalue weighted by molar-refractivity contribution is -0.144. The fourth-order valence-electron chi connectivity index (χ4n) is 9.62. The van der Waals surface area contributed by atoms with E-state index in [2.05, 4.69) is 25.7 Å². The van der Waals surface area contributed by atoms with Gasteiger partial charge in [-0.3, -0.25) is 23.9 Å². The molecule has 438 valence electrons. The molecule has 0 unspecified atom stereocenters. The lowest BCUT2D eigenvalue weighted by Gasteiger charge is -2.35. The van der Waals surface area contributed by atoms with Crippen molar-refractivity contribution >= 4 is 46.5 Å². The maximum atomic E-state index is 14.1. The molecule has 82 heavy (non-hydrogen) atoms. The summed E-state index contributed by atoms with van der Waals surface area (Å²) in [5.41, 5.74) is 12.7. The molecular formula is C59H70F3N9O10S. The first-order valence-electron chi connectivity index (χ1n) is 27.2. The highest BCUT2D eigenvalue weighted by Crippen LogP contribution is 2.37. The molecule has 8 rings (SSSR count). The van der Waals surface area contributed by atoms with Gasteiger partial charge in [0.1, 0.15) is 17.8 Å². The predicted molar refractivity (Wildman–Crippen MR) is 302 cm³/mol. The zero-order chi connectivity index (χ0) is 58.6. The topological polar surface area (TPSA) is 235 Å². The zero-order valence-corrected chi connectivity index (χ0v) is 47.4. The molecule has 0 aliphatic carbocycles. The Kier molecular flexibility index (Phi) is 20.5. The Morgan fingerprint density at radius 3 is 2.23 bits per heavy atom. The fourth-order valence-corrected chi connectivity index (χ4v) is 10.4. The first-order chi connectivity index (χ1) is 39.2. The van der Waals surface area contributed by atoms with Gasteiger partial charge >= 0.3 is 6.18 Å². The second-order valence-corrected chi connectivity index (χ2v) is 22.1. The van der Waals surface area contributed by atoms with Crippen LogP contribution in [0.5, 0.6) is 11.5 Å². The summed E-state index contributed by atoms with van der Waals surface area (Å²) < 4.78 is 70.2. The van der Waals surface area contributed by atoms with Gasteiger partial charge in [0.15, 0.2) is 11.6 Å². The van der Waals surface area contributed by atoms with E-state index < -0.39 is 41.2 Å². The highest BCUT2D eigenvalue weighted by Gasteiger charge is 2.45. The number of likely N-dealkylation sites (tertiary alicyclic amines) is 1. The largest absolute Gasteiger partial charge is 0.453 e. The maximum absolute atomic E-state index is 14.1. The van der Waals surface area contributed by atoms with Crippen molar-refractivity contribution in [3.63, 3.8) is 0 Å². The number of aliphatic hydroxyl groups excluding tert-OH is 1. The number of benzene rings is 3. The minimum Gasteiger partial charge on any atom is -0.453 e. The summed E-state index contributed by atoms with van der Waals surface area (Å²) >= 11 is 1.57. The highest BCUT2D eigenvalue weighted by molar-refractivity contribution is 7.13. The SMILES string of the molecule is Cc1ncsc1-c1ccc([C@H](C)NC(=O)[C@@H]2C[C@@H](O)CN2C(=O)[C@@H](NC(=O)CCOCCOCCOCCOCCn2cc(-c3cnc(N)c(Oc4ccc5c(c4)CCN5C(=O)Cc4cccc(C(F)(F)F)c4)c3)cn2)C(C)(C)C)cc1. The number of nitrogens with two attached hydrogens (primary N) is 1. The van der Waals surface area contributed by atoms with Crippen molar-refractivity contribution < 1.29 is 61.1 Å². The third kappa shape index (κ3) is 16.2. The number of halogens is 3. The van der Waals surface area contributed by atoms with E-state index in [1.807, 2.05) is 76.7 Å². The number of anilines is 2. The molecule has 0 radical (unpaired) electrons. The fraction of sp³-hybridized carbons (Fsp3) is 0.441. The predicted octanol–water partition coefficient (Wildman–Crippen LogP) is 7.73. The Morgan fingerprint density at radius 2 is 1.55 bits per heavy atom. The maximum Gasteiger partial charge on any atom is 0.416 e. The van der Waals surface area contributed by atoms with Crippen molar-refractivity contribution in [2.24, 2.45) is 5.41 Å². The van der Waals surface area contributed by atoms with Gasteiger partial charge in [0.2, 0.25) is 23.6 Å². The van der Waals surface area contributed by atoms with E-state index in [4.69, 9.17) is 29.4 Å². The molecule has 1 saturated heterocycles. The van der Waals surface area contributed by atoms with E-state index in [0.717, 1.165) is 50.5 Å². The number of nitrogens with one attached hydrogen (secondary N) is 2. The average molecular weight is 1150 g/mol. The summed E-state index contributed by atoms with van der Waals surface area (Å²) in [4.78, 5) is 66.7. The van der Waals surface area contributed by atoms with Gasteiger partial charge in [0.05, 0.1) is 106 Å². The van der Waals surface area contributed by atoms with Crippen molar-refractivity contribution in [2.75, 3.05) is 76.6 Å². The Labute approximate surface area is 478 Å². The van der Waals surface area contributed by atoms with E-state index in [9.17, 15) is 37.5 Å². The van der Waals surface area contributed by atoms with Gasteiger partial charge in [-0.25, -0.2) is 9.97 Å². The lowest BCUT2D eigenvalue weighted by Crippen LogP contribution is -2.58. The number of nitrogens with zero attached hydrogens (tertiary/aromatic N) is 6. The van der Waals surface area contributed by atoms with Crippen LogP contribution >= 0.6 is 11.3 Å². The number of β-amino-alcohol motifs (C(OH)–C–C–N with tert-alkyl or cyclic N) is 1. The Morgan fingerprint density at radius 1 is 0.841 bits per heavy atom. The van der Waals surface area contributed by atoms with E-state index in [1.54, 1.807) is 51.5 Å². The molecule has 0 spiro atoms. The number of fused-ring (bicyclic) bond motifs is 1. The highest BCUT2D eigenvalue weighted by atomic mass is 32.1. The number of aromatic nitrogens is 4. The van der Waals surface area contributed by atoms with Gasteiger partial charge in [-0.15, -0.1) is 11.3 Å². The van der Waals surface area contributed by atoms with Crippen molar-refractivity contribution in [3.8, 4) is 33.1 Å². The quantitative estimate of drug-likeness (QED) is 0.0381. The number of carbonyl (C=O) groups excluding carboxylic acids is 4. The number of ether oxygens (including phenoxy) is 5. The minimum absolute atomic E-state index is 0.00220. The zero-order valence-electron chi connectivity index (χ0n) is 46.6. The second kappa shape index (κ2) is 27.7. The van der Waals surface area contributed by atoms with Gasteiger partial charge in [0.25, 0.3) is 0 Å². The molecule has 4 atom stereocenters. The van der Waals surface area contributed by atoms with Crippen molar-refractivity contribution in [1.82, 2.24) is 35.3 Å². The van der Waals surface area contributed by atoms with Crippen LogP contribution in [0.1, 0.15) is 74.5 Å². The number of nitrogen functional groups attached to an aromatic ring is 1. The van der Waals surface area contributed by atoms with E-state index in [1.165, 1.54) is 17.0 Å². The summed E-state index contributed by atoms with van der Waals surface area (Å²) in [6.45, 7) is 12.6. The minimum atomic E-state index is -4.49. The Hall–Kier alpha value is -7.28. The number of hydrogen-bond acceptors (Lipinski definition) is 15. The van der Waals surface area contributed by atoms with Crippen LogP contribution in [0.3, 0.4) is 0 Å². The van der Waals surface area contributed by atoms with Gasteiger partial charge < -0.3 is 55.0 Å². The molecule has 0 bridgehead atoms. The molecule has 3 aromatic carbocycles. The molecule has 4 amide bonds. The number of aryl methyl sites for hydroxylation is 1. The number of hydrogen-bond donors (Lipinski definition) is 4. The molecule has 0 saturated carbocycles. The monoisotopic (exact) mass is 1150 g/mol. The molecule has 6 aromatic rings. The van der Waals surface area contributed by atoms with Gasteiger partial charge in [-0.2, -0.15) is 18.3 Å². The molecule has 2 aliphatic rings. The van der Waals surface area contributed by atoms with Gasteiger partial charge in [-0.05, 0) is 78.3 Å². The Balaban J connectivity index is 0.672. The van der Waals surface area contributed by atoms with E-state index >= 15 is 0 Å². The van der Waals surface area contributed by atoms with Gasteiger partial charge in [0, 0.05) is 55.1 Å². The van der Waals surface area contributed by atoms with Crippen molar-refractivity contribution in [2.45, 2.75) is 97.3 Å². The molecule has 2 aliphatic heterocycles. The third-order valence-electron chi connectivity index (χ3n) is 14.0. The van der Waals surface area contributed by atoms with Crippen LogP contribution in [0, 0.1) is 12.3 Å². The molecule has 5 heterocycles. The van der Waals surface area contributed by atoms with E-state index in [-0.39, 0.29) is 80.8 Å². The summed E-state index contributed by atoms with van der Waals surface area (Å²) in [5, 5.41) is 21.0. The second-order valence-electron chi connectivity index (χ2n) is 21.2. The molecule has 19 nitrogen and oxygen atoms in total. The smallest absolute Gasteiger partial charge is 0.416 e. The van der Waals surface area contributed by atoms with Crippen LogP contribution in [0.25, 0.3) is 21.6 Å². The molecule has 23 heteroatoms. The lowest BCUT2D eigenvalue weighted by atomic mass is 9.85.